The Morgan fingerprint density at radius 2 is 1.23 bits per heavy atom. The van der Waals surface area contributed by atoms with Crippen molar-refractivity contribution in [3.63, 3.8) is 0 Å². The molecule has 2 saturated heterocycles. The molecule has 0 radical (unpaired) electrons. The predicted octanol–water partition coefficient (Wildman–Crippen LogP) is -0.0866. The number of thioether (sulfide) groups is 2. The monoisotopic (exact) mass is 600 g/mol. The molecule has 0 aliphatic carbocycles. The summed E-state index contributed by atoms with van der Waals surface area (Å²) in [7, 11) is 0. The third kappa shape index (κ3) is 6.62. The zero-order valence-corrected chi connectivity index (χ0v) is 24.1. The van der Waals surface area contributed by atoms with Crippen LogP contribution < -0.4 is 11.5 Å². The van der Waals surface area contributed by atoms with E-state index in [2.05, 4.69) is 4.74 Å². The van der Waals surface area contributed by atoms with Crippen molar-refractivity contribution in [3.05, 3.63) is 22.5 Å². The van der Waals surface area contributed by atoms with E-state index in [4.69, 9.17) is 25.7 Å². The van der Waals surface area contributed by atoms with Crippen molar-refractivity contribution in [3.8, 4) is 0 Å². The van der Waals surface area contributed by atoms with E-state index in [0.717, 1.165) is 11.1 Å². The third-order valence-electron chi connectivity index (χ3n) is 6.10. The highest BCUT2D eigenvalue weighted by molar-refractivity contribution is 8.00. The molecule has 0 aromatic heterocycles. The molecule has 2 amide bonds. The van der Waals surface area contributed by atoms with Crippen LogP contribution in [0, 0.1) is 0 Å². The lowest BCUT2D eigenvalue weighted by molar-refractivity contribution is -0.168. The van der Waals surface area contributed by atoms with Gasteiger partial charge in [-0.15, -0.1) is 23.5 Å². The molecule has 4 unspecified atom stereocenters. The van der Waals surface area contributed by atoms with Crippen molar-refractivity contribution < 1.29 is 47.7 Å². The average Bonchev–Trinajstić information content (AvgIpc) is 2.91. The van der Waals surface area contributed by atoms with Gasteiger partial charge in [-0.3, -0.25) is 29.0 Å². The topological polar surface area (TPSA) is 198 Å². The van der Waals surface area contributed by atoms with Gasteiger partial charge in [-0.05, 0) is 31.4 Å². The molecule has 4 aliphatic rings. The number of hydrogen-bond donors (Lipinski definition) is 2. The standard InChI is InChI=1S/C13H18N2O5S.C11H14N2O5S/c1-3-4-8(16)19-6-20-13(18)10-7(2)5-21-12-9(14)11(17)15(10)12;1-5-3-19-10-7(12)9(15)13(10)8(5)11(16)18-4-17-6(2)14/h9,12H,3-6,14H2,1-2H3;7,10H,3-4,12H2,1-2H3. The van der Waals surface area contributed by atoms with Gasteiger partial charge in [0.1, 0.15) is 34.2 Å². The van der Waals surface area contributed by atoms with Gasteiger partial charge in [0.05, 0.1) is 0 Å². The Morgan fingerprint density at radius 1 is 0.800 bits per heavy atom. The Morgan fingerprint density at radius 3 is 1.62 bits per heavy atom. The van der Waals surface area contributed by atoms with Crippen molar-refractivity contribution in [1.82, 2.24) is 9.80 Å². The van der Waals surface area contributed by atoms with Crippen LogP contribution >= 0.6 is 23.5 Å². The number of hydrogen-bond acceptors (Lipinski definition) is 14. The Balaban J connectivity index is 0.000000222. The maximum Gasteiger partial charge on any atom is 0.357 e. The van der Waals surface area contributed by atoms with E-state index in [9.17, 15) is 28.8 Å². The lowest BCUT2D eigenvalue weighted by atomic mass is 10.0. The molecule has 0 aromatic carbocycles. The molecule has 4 aliphatic heterocycles. The van der Waals surface area contributed by atoms with Gasteiger partial charge < -0.3 is 30.4 Å². The summed E-state index contributed by atoms with van der Waals surface area (Å²) in [5, 5.41) is -0.432. The Hall–Kier alpha value is -3.08. The maximum atomic E-state index is 12.1. The fourth-order valence-electron chi connectivity index (χ4n) is 4.05. The Labute approximate surface area is 239 Å². The number of esters is 4. The number of β-lactam (4-membered cyclic amide) rings is 2. The van der Waals surface area contributed by atoms with E-state index in [1.165, 1.54) is 40.2 Å². The molecule has 0 saturated carbocycles. The highest BCUT2D eigenvalue weighted by Gasteiger charge is 2.52. The number of amides is 2. The van der Waals surface area contributed by atoms with Gasteiger partial charge in [0.2, 0.25) is 25.4 Å². The number of nitrogens with two attached hydrogens (primary N) is 2. The molecular formula is C24H32N4O10S2. The minimum absolute atomic E-state index is 0.211. The normalized spacial score (nSPS) is 24.9. The number of fused-ring (bicyclic) bond motifs is 2. The van der Waals surface area contributed by atoms with Gasteiger partial charge >= 0.3 is 23.9 Å². The van der Waals surface area contributed by atoms with Crippen molar-refractivity contribution in [1.29, 1.82) is 0 Å². The van der Waals surface area contributed by atoms with Gasteiger partial charge in [0.15, 0.2) is 0 Å². The minimum atomic E-state index is -0.677. The van der Waals surface area contributed by atoms with E-state index in [1.807, 2.05) is 6.92 Å². The molecule has 4 rings (SSSR count). The van der Waals surface area contributed by atoms with Crippen LogP contribution in [-0.4, -0.2) is 93.4 Å². The maximum absolute atomic E-state index is 12.1. The quantitative estimate of drug-likeness (QED) is 0.213. The van der Waals surface area contributed by atoms with Crippen molar-refractivity contribution in [2.45, 2.75) is 63.4 Å². The first-order valence-electron chi connectivity index (χ1n) is 12.3. The molecule has 14 nitrogen and oxygen atoms in total. The second-order valence-electron chi connectivity index (χ2n) is 9.13. The average molecular weight is 601 g/mol. The van der Waals surface area contributed by atoms with Crippen LogP contribution in [-0.2, 0) is 47.7 Å². The molecule has 0 aromatic rings. The van der Waals surface area contributed by atoms with E-state index in [0.29, 0.717) is 17.9 Å². The third-order valence-corrected chi connectivity index (χ3v) is 8.99. The highest BCUT2D eigenvalue weighted by Crippen LogP contribution is 2.40. The van der Waals surface area contributed by atoms with Crippen LogP contribution in [0.4, 0.5) is 0 Å². The van der Waals surface area contributed by atoms with Crippen LogP contribution in [0.15, 0.2) is 22.5 Å². The summed E-state index contributed by atoms with van der Waals surface area (Å²) in [5.74, 6) is -1.67. The molecule has 220 valence electrons. The van der Waals surface area contributed by atoms with E-state index in [1.54, 1.807) is 13.8 Å². The number of nitrogens with zero attached hydrogens (tertiary/aromatic N) is 2. The molecule has 4 heterocycles. The molecule has 0 bridgehead atoms. The lowest BCUT2D eigenvalue weighted by Crippen LogP contribution is -2.68. The highest BCUT2D eigenvalue weighted by atomic mass is 32.2. The molecule has 4 atom stereocenters. The summed E-state index contributed by atoms with van der Waals surface area (Å²) in [6.07, 6.45) is 0.938. The van der Waals surface area contributed by atoms with Gasteiger partial charge in [-0.25, -0.2) is 9.59 Å². The van der Waals surface area contributed by atoms with Crippen LogP contribution in [0.2, 0.25) is 0 Å². The smallest absolute Gasteiger partial charge is 0.357 e. The summed E-state index contributed by atoms with van der Waals surface area (Å²) in [6.45, 7) is 5.67. The fraction of sp³-hybridized carbons (Fsp3) is 0.583. The molecule has 16 heteroatoms. The fourth-order valence-corrected chi connectivity index (χ4v) is 6.52. The van der Waals surface area contributed by atoms with Crippen LogP contribution in [0.5, 0.6) is 0 Å². The van der Waals surface area contributed by atoms with Gasteiger partial charge in [0, 0.05) is 24.9 Å². The molecule has 4 N–H and O–H groups in total. The van der Waals surface area contributed by atoms with Gasteiger partial charge in [-0.1, -0.05) is 6.92 Å². The van der Waals surface area contributed by atoms with Crippen LogP contribution in [0.25, 0.3) is 0 Å². The van der Waals surface area contributed by atoms with Crippen molar-refractivity contribution in [2.24, 2.45) is 11.5 Å². The summed E-state index contributed by atoms with van der Waals surface area (Å²) in [5.41, 5.74) is 13.3. The number of carbonyl (C=O) groups is 6. The first-order chi connectivity index (χ1) is 18.9. The second-order valence-corrected chi connectivity index (χ2v) is 11.3. The molecule has 40 heavy (non-hydrogen) atoms. The minimum Gasteiger partial charge on any atom is -0.428 e. The molecule has 2 fully saturated rings. The van der Waals surface area contributed by atoms with E-state index >= 15 is 0 Å². The summed E-state index contributed by atoms with van der Waals surface area (Å²) in [4.78, 5) is 71.9. The zero-order chi connectivity index (χ0) is 29.7. The predicted molar refractivity (Wildman–Crippen MR) is 142 cm³/mol. The van der Waals surface area contributed by atoms with E-state index < -0.39 is 49.5 Å². The number of rotatable bonds is 8. The van der Waals surface area contributed by atoms with Crippen LogP contribution in [0.1, 0.15) is 40.5 Å². The largest absolute Gasteiger partial charge is 0.428 e. The Kier molecular flexibility index (Phi) is 10.6. The number of ether oxygens (including phenoxy) is 4. The number of carbonyl (C=O) groups excluding carboxylic acids is 6. The van der Waals surface area contributed by atoms with Crippen LogP contribution in [0.3, 0.4) is 0 Å². The SMILES string of the molecule is CC(=O)OCOC(=O)C1=C(C)CSC2C(N)C(=O)N12.CCCC(=O)OCOC(=O)C1=C(C)CSC2C(N)C(=O)N12. The van der Waals surface area contributed by atoms with Gasteiger partial charge in [-0.2, -0.15) is 0 Å². The van der Waals surface area contributed by atoms with Crippen molar-refractivity contribution in [2.75, 3.05) is 25.1 Å². The van der Waals surface area contributed by atoms with Gasteiger partial charge in [0.25, 0.3) is 0 Å². The van der Waals surface area contributed by atoms with Crippen molar-refractivity contribution >= 4 is 59.2 Å². The second kappa shape index (κ2) is 13.5. The first-order valence-corrected chi connectivity index (χ1v) is 14.4. The van der Waals surface area contributed by atoms with E-state index in [-0.39, 0.29) is 40.4 Å². The molecular weight excluding hydrogens is 568 g/mol. The summed E-state index contributed by atoms with van der Waals surface area (Å²) >= 11 is 3.03. The first kappa shape index (κ1) is 31.4. The molecule has 0 spiro atoms. The summed E-state index contributed by atoms with van der Waals surface area (Å²) < 4.78 is 19.0. The lowest BCUT2D eigenvalue weighted by Gasteiger charge is -2.47. The summed E-state index contributed by atoms with van der Waals surface area (Å²) in [6, 6.07) is -1.15. The zero-order valence-electron chi connectivity index (χ0n) is 22.5. The Bertz CT molecular complexity index is 1160.